The van der Waals surface area contributed by atoms with Crippen LogP contribution in [0.15, 0.2) is 72.8 Å². The van der Waals surface area contributed by atoms with Crippen molar-refractivity contribution in [2.45, 2.75) is 11.3 Å². The lowest BCUT2D eigenvalue weighted by Gasteiger charge is -2.53. The second-order valence-electron chi connectivity index (χ2n) is 7.88. The summed E-state index contributed by atoms with van der Waals surface area (Å²) in [5.41, 5.74) is -0.782. The Bertz CT molecular complexity index is 1240. The third kappa shape index (κ3) is 2.83. The number of halogens is 2. The van der Waals surface area contributed by atoms with Gasteiger partial charge in [-0.3, -0.25) is 9.80 Å². The maximum absolute atomic E-state index is 14.0. The Morgan fingerprint density at radius 2 is 1.47 bits per heavy atom. The lowest BCUT2D eigenvalue weighted by atomic mass is 9.76. The van der Waals surface area contributed by atoms with E-state index in [0.717, 1.165) is 0 Å². The van der Waals surface area contributed by atoms with Gasteiger partial charge in [-0.25, -0.2) is 9.64 Å². The van der Waals surface area contributed by atoms with Crippen LogP contribution in [0.25, 0.3) is 4.85 Å². The summed E-state index contributed by atoms with van der Waals surface area (Å²) in [6.07, 6.45) is 0. The number of aliphatic hydroxyl groups is 1. The van der Waals surface area contributed by atoms with Crippen molar-refractivity contribution in [3.8, 4) is 0 Å². The molecule has 1 unspecified atom stereocenters. The largest absolute Gasteiger partial charge is 0.364 e. The third-order valence-electron chi connectivity index (χ3n) is 6.17. The maximum Gasteiger partial charge on any atom is 0.332 e. The molecule has 2 fully saturated rings. The van der Waals surface area contributed by atoms with Gasteiger partial charge < -0.3 is 10.4 Å². The van der Waals surface area contributed by atoms with E-state index < -0.39 is 11.3 Å². The standard InChI is InChI=1S/C24H18Cl2N4O2/c1-27-19-4-2-3-16(13-19)24(32)23(14-28-15-23)29(20-9-5-17(25)6-10-20)22(31)30(24)21-11-7-18(26)8-12-21/h2-13,28,32H,14-15H2. The first-order valence-corrected chi connectivity index (χ1v) is 10.7. The molecule has 8 heteroatoms. The number of urea groups is 1. The van der Waals surface area contributed by atoms with E-state index in [0.29, 0.717) is 45.8 Å². The molecule has 1 spiro atoms. The third-order valence-corrected chi connectivity index (χ3v) is 6.67. The Kier molecular flexibility index (Phi) is 4.88. The summed E-state index contributed by atoms with van der Waals surface area (Å²) >= 11 is 12.2. The minimum Gasteiger partial charge on any atom is -0.364 e. The normalized spacial score (nSPS) is 21.5. The molecular formula is C24H18Cl2N4O2. The Balaban J connectivity index is 1.77. The Morgan fingerprint density at radius 3 is 1.97 bits per heavy atom. The van der Waals surface area contributed by atoms with Crippen molar-refractivity contribution in [3.63, 3.8) is 0 Å². The SMILES string of the molecule is [C-]#[N+]c1cccc(C2(O)N(c3ccc(Cl)cc3)C(=O)N(c3ccc(Cl)cc3)C23CNC3)c1. The number of amides is 2. The quantitative estimate of drug-likeness (QED) is 0.525. The van der Waals surface area contributed by atoms with Crippen LogP contribution in [0.1, 0.15) is 5.56 Å². The van der Waals surface area contributed by atoms with Gasteiger partial charge in [-0.05, 0) is 60.2 Å². The van der Waals surface area contributed by atoms with Gasteiger partial charge in [0.15, 0.2) is 11.4 Å². The molecule has 3 aromatic rings. The molecule has 5 rings (SSSR count). The van der Waals surface area contributed by atoms with Crippen molar-refractivity contribution < 1.29 is 9.90 Å². The second kappa shape index (κ2) is 7.51. The van der Waals surface area contributed by atoms with Crippen molar-refractivity contribution in [1.29, 1.82) is 0 Å². The van der Waals surface area contributed by atoms with E-state index in [9.17, 15) is 9.90 Å². The fourth-order valence-electron chi connectivity index (χ4n) is 4.58. The number of carbonyl (C=O) groups is 1. The first kappa shape index (κ1) is 20.8. The summed E-state index contributed by atoms with van der Waals surface area (Å²) in [7, 11) is 0. The van der Waals surface area contributed by atoms with Crippen LogP contribution >= 0.6 is 23.2 Å². The molecule has 2 saturated heterocycles. The van der Waals surface area contributed by atoms with Crippen molar-refractivity contribution in [2.75, 3.05) is 22.9 Å². The molecule has 0 aliphatic carbocycles. The zero-order valence-corrected chi connectivity index (χ0v) is 18.3. The minimum atomic E-state index is -1.75. The van der Waals surface area contributed by atoms with Crippen LogP contribution in [0.5, 0.6) is 0 Å². The van der Waals surface area contributed by atoms with E-state index in [2.05, 4.69) is 10.2 Å². The summed E-state index contributed by atoms with van der Waals surface area (Å²) in [6, 6.07) is 20.1. The monoisotopic (exact) mass is 464 g/mol. The number of hydrogen-bond acceptors (Lipinski definition) is 3. The topological polar surface area (TPSA) is 60.2 Å². The van der Waals surface area contributed by atoms with Gasteiger partial charge in [-0.2, -0.15) is 0 Å². The minimum absolute atomic E-state index is 0.365. The molecule has 160 valence electrons. The number of rotatable bonds is 3. The van der Waals surface area contributed by atoms with E-state index in [1.54, 1.807) is 77.7 Å². The molecular weight excluding hydrogens is 447 g/mol. The van der Waals surface area contributed by atoms with Crippen molar-refractivity contribution in [3.05, 3.63) is 99.8 Å². The number of nitrogens with zero attached hydrogens (tertiary/aromatic N) is 3. The van der Waals surface area contributed by atoms with E-state index in [-0.39, 0.29) is 6.03 Å². The number of anilines is 2. The van der Waals surface area contributed by atoms with E-state index >= 15 is 0 Å². The number of benzene rings is 3. The van der Waals surface area contributed by atoms with Gasteiger partial charge in [-0.1, -0.05) is 41.4 Å². The number of hydrogen-bond donors (Lipinski definition) is 2. The first-order chi connectivity index (χ1) is 15.4. The molecule has 6 nitrogen and oxygen atoms in total. The fraction of sp³-hybridized carbons (Fsp3) is 0.167. The second-order valence-corrected chi connectivity index (χ2v) is 8.75. The van der Waals surface area contributed by atoms with E-state index in [1.807, 2.05) is 0 Å². The summed E-state index contributed by atoms with van der Waals surface area (Å²) in [5, 5.41) is 16.7. The van der Waals surface area contributed by atoms with Gasteiger partial charge in [0.25, 0.3) is 0 Å². The van der Waals surface area contributed by atoms with Crippen molar-refractivity contribution >= 4 is 46.3 Å². The van der Waals surface area contributed by atoms with Crippen LogP contribution in [-0.4, -0.2) is 29.8 Å². The first-order valence-electron chi connectivity index (χ1n) is 9.97. The molecule has 2 amide bonds. The average Bonchev–Trinajstić information content (AvgIpc) is 3.00. The molecule has 0 saturated carbocycles. The lowest BCUT2D eigenvalue weighted by Crippen LogP contribution is -2.76. The van der Waals surface area contributed by atoms with E-state index in [4.69, 9.17) is 29.8 Å². The molecule has 0 radical (unpaired) electrons. The average molecular weight is 465 g/mol. The van der Waals surface area contributed by atoms with Gasteiger partial charge in [-0.15, -0.1) is 0 Å². The summed E-state index contributed by atoms with van der Waals surface area (Å²) in [4.78, 5) is 20.5. The highest BCUT2D eigenvalue weighted by Crippen LogP contribution is 2.53. The predicted molar refractivity (Wildman–Crippen MR) is 125 cm³/mol. The van der Waals surface area contributed by atoms with Gasteiger partial charge in [0.2, 0.25) is 0 Å². The van der Waals surface area contributed by atoms with Crippen molar-refractivity contribution in [1.82, 2.24) is 5.32 Å². The highest BCUT2D eigenvalue weighted by Gasteiger charge is 2.71. The molecule has 1 atom stereocenters. The van der Waals surface area contributed by atoms with Crippen molar-refractivity contribution in [2.24, 2.45) is 0 Å². The van der Waals surface area contributed by atoms with Gasteiger partial charge in [0, 0.05) is 34.5 Å². The lowest BCUT2D eigenvalue weighted by molar-refractivity contribution is -0.0401. The Morgan fingerprint density at radius 1 is 0.906 bits per heavy atom. The van der Waals surface area contributed by atoms with Crippen LogP contribution in [0.3, 0.4) is 0 Å². The van der Waals surface area contributed by atoms with E-state index in [1.165, 1.54) is 4.90 Å². The zero-order chi connectivity index (χ0) is 22.5. The Labute approximate surface area is 195 Å². The van der Waals surface area contributed by atoms with Gasteiger partial charge in [0.05, 0.1) is 6.57 Å². The number of carbonyl (C=O) groups excluding carboxylic acids is 1. The molecule has 3 aromatic carbocycles. The molecule has 2 heterocycles. The molecule has 0 bridgehead atoms. The summed E-state index contributed by atoms with van der Waals surface area (Å²) in [5.74, 6) is 0. The van der Waals surface area contributed by atoms with Gasteiger partial charge >= 0.3 is 6.03 Å². The zero-order valence-electron chi connectivity index (χ0n) is 16.8. The van der Waals surface area contributed by atoms with Gasteiger partial charge in [0.1, 0.15) is 5.54 Å². The molecule has 2 N–H and O–H groups in total. The van der Waals surface area contributed by atoms with Crippen LogP contribution < -0.4 is 15.1 Å². The molecule has 32 heavy (non-hydrogen) atoms. The van der Waals surface area contributed by atoms with Crippen LogP contribution in [-0.2, 0) is 5.72 Å². The summed E-state index contributed by atoms with van der Waals surface area (Å²) in [6.45, 7) is 8.15. The number of nitrogens with one attached hydrogen (secondary N) is 1. The van der Waals surface area contributed by atoms with Crippen LogP contribution in [0.4, 0.5) is 21.9 Å². The highest BCUT2D eigenvalue weighted by molar-refractivity contribution is 6.31. The predicted octanol–water partition coefficient (Wildman–Crippen LogP) is 5.18. The van der Waals surface area contributed by atoms with Crippen LogP contribution in [0, 0.1) is 6.57 Å². The Hall–Kier alpha value is -3.08. The summed E-state index contributed by atoms with van der Waals surface area (Å²) < 4.78 is 0. The molecule has 2 aliphatic heterocycles. The molecule has 0 aromatic heterocycles. The smallest absolute Gasteiger partial charge is 0.332 e. The fourth-order valence-corrected chi connectivity index (χ4v) is 4.83. The highest BCUT2D eigenvalue weighted by atomic mass is 35.5. The molecule has 2 aliphatic rings. The van der Waals surface area contributed by atoms with Crippen LogP contribution in [0.2, 0.25) is 10.0 Å². The maximum atomic E-state index is 14.0.